The van der Waals surface area contributed by atoms with E-state index in [-0.39, 0.29) is 40.8 Å². The Morgan fingerprint density at radius 2 is 1.66 bits per heavy atom. The first-order valence-corrected chi connectivity index (χ1v) is 10.5. The van der Waals surface area contributed by atoms with E-state index >= 15 is 0 Å². The SMILES string of the molecule is Cc1c(N2CCN(S(=O)(=O)c3ccccc3)CC2)c(=O)oc2cc(O)cc(O)c12. The predicted octanol–water partition coefficient (Wildman–Crippen LogP) is 2.02. The molecule has 2 heterocycles. The van der Waals surface area contributed by atoms with Gasteiger partial charge in [-0.1, -0.05) is 18.2 Å². The van der Waals surface area contributed by atoms with Crippen molar-refractivity contribution >= 4 is 26.7 Å². The van der Waals surface area contributed by atoms with Gasteiger partial charge in [0.15, 0.2) is 0 Å². The molecule has 1 aromatic heterocycles. The summed E-state index contributed by atoms with van der Waals surface area (Å²) >= 11 is 0. The lowest BCUT2D eigenvalue weighted by Crippen LogP contribution is -2.49. The van der Waals surface area contributed by atoms with E-state index in [9.17, 15) is 23.4 Å². The molecule has 1 fully saturated rings. The van der Waals surface area contributed by atoms with Crippen LogP contribution in [0.5, 0.6) is 11.5 Å². The molecule has 0 saturated carbocycles. The van der Waals surface area contributed by atoms with Crippen LogP contribution < -0.4 is 10.5 Å². The number of hydrogen-bond donors (Lipinski definition) is 2. The van der Waals surface area contributed by atoms with Crippen LogP contribution in [-0.2, 0) is 10.0 Å². The van der Waals surface area contributed by atoms with Crippen LogP contribution in [-0.4, -0.2) is 49.1 Å². The van der Waals surface area contributed by atoms with E-state index in [1.165, 1.54) is 16.4 Å². The molecule has 2 aromatic carbocycles. The highest BCUT2D eigenvalue weighted by atomic mass is 32.2. The van der Waals surface area contributed by atoms with Gasteiger partial charge >= 0.3 is 5.63 Å². The molecule has 1 saturated heterocycles. The fourth-order valence-corrected chi connectivity index (χ4v) is 5.17. The largest absolute Gasteiger partial charge is 0.508 e. The number of anilines is 1. The van der Waals surface area contributed by atoms with Crippen LogP contribution in [0.1, 0.15) is 5.56 Å². The van der Waals surface area contributed by atoms with Gasteiger partial charge in [0, 0.05) is 38.3 Å². The van der Waals surface area contributed by atoms with Gasteiger partial charge in [0.2, 0.25) is 10.0 Å². The van der Waals surface area contributed by atoms with E-state index in [4.69, 9.17) is 4.42 Å². The van der Waals surface area contributed by atoms with Crippen molar-refractivity contribution in [3.63, 3.8) is 0 Å². The van der Waals surface area contributed by atoms with Crippen molar-refractivity contribution in [3.05, 3.63) is 58.4 Å². The van der Waals surface area contributed by atoms with Gasteiger partial charge in [-0.15, -0.1) is 0 Å². The fraction of sp³-hybridized carbons (Fsp3) is 0.250. The normalized spacial score (nSPS) is 15.7. The van der Waals surface area contributed by atoms with Gasteiger partial charge in [0.05, 0.1) is 10.3 Å². The van der Waals surface area contributed by atoms with Crippen LogP contribution in [0.15, 0.2) is 56.6 Å². The molecule has 1 aliphatic rings. The van der Waals surface area contributed by atoms with Crippen LogP contribution in [0.4, 0.5) is 5.69 Å². The number of aryl methyl sites for hydroxylation is 1. The van der Waals surface area contributed by atoms with E-state index in [0.29, 0.717) is 24.0 Å². The van der Waals surface area contributed by atoms with Crippen molar-refractivity contribution in [3.8, 4) is 11.5 Å². The zero-order valence-corrected chi connectivity index (χ0v) is 16.5. The van der Waals surface area contributed by atoms with Crippen LogP contribution in [0.25, 0.3) is 11.0 Å². The fourth-order valence-electron chi connectivity index (χ4n) is 3.72. The number of phenolic OH excluding ortho intramolecular Hbond substituents is 2. The zero-order chi connectivity index (χ0) is 20.8. The molecule has 0 radical (unpaired) electrons. The number of aromatic hydroxyl groups is 2. The first-order valence-electron chi connectivity index (χ1n) is 9.08. The molecular formula is C20H20N2O6S. The number of phenols is 2. The second-order valence-corrected chi connectivity index (χ2v) is 8.84. The molecule has 9 heteroatoms. The molecule has 1 aliphatic heterocycles. The van der Waals surface area contributed by atoms with Gasteiger partial charge in [0.1, 0.15) is 22.8 Å². The third-order valence-electron chi connectivity index (χ3n) is 5.13. The molecule has 0 aliphatic carbocycles. The van der Waals surface area contributed by atoms with E-state index in [0.717, 1.165) is 0 Å². The van der Waals surface area contributed by atoms with Crippen LogP contribution in [0.2, 0.25) is 0 Å². The minimum Gasteiger partial charge on any atom is -0.508 e. The Balaban J connectivity index is 1.64. The molecule has 2 N–H and O–H groups in total. The van der Waals surface area contributed by atoms with Gasteiger partial charge in [0.25, 0.3) is 0 Å². The van der Waals surface area contributed by atoms with Crippen molar-refractivity contribution in [2.24, 2.45) is 0 Å². The number of fused-ring (bicyclic) bond motifs is 1. The van der Waals surface area contributed by atoms with E-state index in [1.54, 1.807) is 42.2 Å². The summed E-state index contributed by atoms with van der Waals surface area (Å²) in [6, 6.07) is 10.7. The lowest BCUT2D eigenvalue weighted by atomic mass is 10.1. The molecule has 29 heavy (non-hydrogen) atoms. The maximum absolute atomic E-state index is 12.8. The Morgan fingerprint density at radius 1 is 1.00 bits per heavy atom. The molecule has 8 nitrogen and oxygen atoms in total. The third-order valence-corrected chi connectivity index (χ3v) is 7.04. The number of benzene rings is 2. The third kappa shape index (κ3) is 3.32. The van der Waals surface area contributed by atoms with Crippen LogP contribution in [0.3, 0.4) is 0 Å². The average Bonchev–Trinajstić information content (AvgIpc) is 2.68. The second-order valence-electron chi connectivity index (χ2n) is 6.91. The van der Waals surface area contributed by atoms with Gasteiger partial charge in [-0.25, -0.2) is 13.2 Å². The molecule has 4 rings (SSSR count). The Kier molecular flexibility index (Phi) is 4.71. The lowest BCUT2D eigenvalue weighted by molar-refractivity contribution is 0.383. The number of rotatable bonds is 3. The van der Waals surface area contributed by atoms with Crippen LogP contribution >= 0.6 is 0 Å². The highest BCUT2D eigenvalue weighted by Gasteiger charge is 2.30. The summed E-state index contributed by atoms with van der Waals surface area (Å²) in [4.78, 5) is 14.6. The molecule has 0 bridgehead atoms. The first-order chi connectivity index (χ1) is 13.8. The van der Waals surface area contributed by atoms with Gasteiger partial charge < -0.3 is 19.5 Å². The van der Waals surface area contributed by atoms with E-state index < -0.39 is 15.6 Å². The average molecular weight is 416 g/mol. The second kappa shape index (κ2) is 7.09. The molecule has 3 aromatic rings. The summed E-state index contributed by atoms with van der Waals surface area (Å²) in [6.07, 6.45) is 0. The molecule has 0 unspecified atom stereocenters. The zero-order valence-electron chi connectivity index (χ0n) is 15.7. The van der Waals surface area contributed by atoms with Crippen molar-refractivity contribution in [2.45, 2.75) is 11.8 Å². The highest BCUT2D eigenvalue weighted by Crippen LogP contribution is 2.35. The predicted molar refractivity (Wildman–Crippen MR) is 108 cm³/mol. The summed E-state index contributed by atoms with van der Waals surface area (Å²) in [5.74, 6) is -0.391. The minimum atomic E-state index is -3.60. The standard InChI is InChI=1S/C20H20N2O6S/c1-13-18-16(24)11-14(23)12-17(18)28-20(25)19(13)21-7-9-22(10-8-21)29(26,27)15-5-3-2-4-6-15/h2-6,11-12,23-24H,7-10H2,1H3. The number of nitrogens with zero attached hydrogens (tertiary/aromatic N) is 2. The van der Waals surface area contributed by atoms with Crippen molar-refractivity contribution in [2.75, 3.05) is 31.1 Å². The first kappa shape index (κ1) is 19.3. The topological polar surface area (TPSA) is 111 Å². The Morgan fingerprint density at radius 3 is 2.31 bits per heavy atom. The highest BCUT2D eigenvalue weighted by molar-refractivity contribution is 7.89. The molecule has 152 valence electrons. The van der Waals surface area contributed by atoms with Crippen molar-refractivity contribution in [1.82, 2.24) is 4.31 Å². The Labute approximate surface area is 167 Å². The van der Waals surface area contributed by atoms with E-state index in [1.807, 2.05) is 0 Å². The van der Waals surface area contributed by atoms with Crippen LogP contribution in [0, 0.1) is 6.92 Å². The Bertz CT molecular complexity index is 1230. The smallest absolute Gasteiger partial charge is 0.360 e. The molecule has 0 atom stereocenters. The van der Waals surface area contributed by atoms with Gasteiger partial charge in [-0.2, -0.15) is 4.31 Å². The molecule has 0 spiro atoms. The molecule has 0 amide bonds. The van der Waals surface area contributed by atoms with E-state index in [2.05, 4.69) is 0 Å². The maximum atomic E-state index is 12.8. The number of piperazine rings is 1. The summed E-state index contributed by atoms with van der Waals surface area (Å²) < 4.78 is 32.3. The lowest BCUT2D eigenvalue weighted by Gasteiger charge is -2.35. The van der Waals surface area contributed by atoms with Gasteiger partial charge in [-0.05, 0) is 24.6 Å². The monoisotopic (exact) mass is 416 g/mol. The number of hydrogen-bond acceptors (Lipinski definition) is 7. The quantitative estimate of drug-likeness (QED) is 0.629. The van der Waals surface area contributed by atoms with Gasteiger partial charge in [-0.3, -0.25) is 0 Å². The van der Waals surface area contributed by atoms with Crippen molar-refractivity contribution in [1.29, 1.82) is 0 Å². The maximum Gasteiger partial charge on any atom is 0.360 e. The summed E-state index contributed by atoms with van der Waals surface area (Å²) in [6.45, 7) is 2.74. The molecular weight excluding hydrogens is 396 g/mol. The minimum absolute atomic E-state index is 0.0963. The van der Waals surface area contributed by atoms with Crippen molar-refractivity contribution < 1.29 is 23.0 Å². The number of sulfonamides is 1. The summed E-state index contributed by atoms with van der Waals surface area (Å²) in [5, 5.41) is 20.2. The summed E-state index contributed by atoms with van der Waals surface area (Å²) in [5.41, 5.74) is 0.307. The summed E-state index contributed by atoms with van der Waals surface area (Å²) in [7, 11) is -3.60. The Hall–Kier alpha value is -3.04.